The topological polar surface area (TPSA) is 81.7 Å². The van der Waals surface area contributed by atoms with Crippen LogP contribution in [0.5, 0.6) is 0 Å². The quantitative estimate of drug-likeness (QED) is 0.174. The van der Waals surface area contributed by atoms with E-state index in [4.69, 9.17) is 0 Å². The van der Waals surface area contributed by atoms with Crippen molar-refractivity contribution in [2.45, 2.75) is 38.2 Å². The average Bonchev–Trinajstić information content (AvgIpc) is 3.76. The zero-order valence-corrected chi connectivity index (χ0v) is 27.4. The average molecular weight is 677 g/mol. The fourth-order valence-corrected chi connectivity index (χ4v) is 7.76. The van der Waals surface area contributed by atoms with Crippen LogP contribution in [-0.4, -0.2) is 8.42 Å². The Morgan fingerprint density at radius 3 is 1.20 bits per heavy atom. The standard InChI is InChI=1S/C40H28F4N2O2S/c1-23-9-11-25(13-29(23)19-45)31-5-3-7-33(31)27-15-37(41)35(38(42)16-27)21-49(47,48)22-36-39(43)17-28(18-40(36)44)34-8-4-6-32(34)26-12-10-24(2)30(14-26)20-46/h5-18H,3-4,21-22H2,1-2H3. The molecule has 4 aromatic carbocycles. The van der Waals surface area contributed by atoms with Gasteiger partial charge in [-0.05, 0) is 119 Å². The summed E-state index contributed by atoms with van der Waals surface area (Å²) in [6.07, 6.45) is 8.31. The smallest absolute Gasteiger partial charge is 0.159 e. The molecule has 0 bridgehead atoms. The molecule has 0 saturated carbocycles. The van der Waals surface area contributed by atoms with Gasteiger partial charge in [0.2, 0.25) is 0 Å². The molecule has 2 aliphatic rings. The Balaban J connectivity index is 1.22. The lowest BCUT2D eigenvalue weighted by Gasteiger charge is -2.15. The molecule has 0 aromatic heterocycles. The minimum Gasteiger partial charge on any atom is -0.228 e. The number of halogens is 4. The summed E-state index contributed by atoms with van der Waals surface area (Å²) in [6.45, 7) is 3.61. The molecule has 0 saturated heterocycles. The highest BCUT2D eigenvalue weighted by molar-refractivity contribution is 7.89. The van der Waals surface area contributed by atoms with E-state index in [1.54, 1.807) is 50.3 Å². The lowest BCUT2D eigenvalue weighted by Crippen LogP contribution is -2.13. The second-order valence-electron chi connectivity index (χ2n) is 12.1. The van der Waals surface area contributed by atoms with Gasteiger partial charge < -0.3 is 0 Å². The van der Waals surface area contributed by atoms with E-state index in [0.29, 0.717) is 57.4 Å². The number of hydrogen-bond donors (Lipinski definition) is 0. The summed E-state index contributed by atoms with van der Waals surface area (Å²) >= 11 is 0. The monoisotopic (exact) mass is 676 g/mol. The van der Waals surface area contributed by atoms with Crippen LogP contribution >= 0.6 is 0 Å². The van der Waals surface area contributed by atoms with Gasteiger partial charge in [0.05, 0.1) is 34.8 Å². The highest BCUT2D eigenvalue weighted by Gasteiger charge is 2.26. The van der Waals surface area contributed by atoms with Crippen molar-refractivity contribution in [3.8, 4) is 12.1 Å². The van der Waals surface area contributed by atoms with E-state index in [1.165, 1.54) is 0 Å². The molecule has 9 heteroatoms. The maximum absolute atomic E-state index is 15.4. The first kappa shape index (κ1) is 33.4. The largest absolute Gasteiger partial charge is 0.228 e. The van der Waals surface area contributed by atoms with Crippen molar-refractivity contribution in [1.82, 2.24) is 0 Å². The lowest BCUT2D eigenvalue weighted by atomic mass is 9.92. The maximum Gasteiger partial charge on any atom is 0.159 e. The van der Waals surface area contributed by atoms with Crippen molar-refractivity contribution < 1.29 is 26.0 Å². The Labute approximate surface area is 282 Å². The van der Waals surface area contributed by atoms with Gasteiger partial charge in [0.1, 0.15) is 23.3 Å². The summed E-state index contributed by atoms with van der Waals surface area (Å²) in [6, 6.07) is 19.0. The molecule has 0 fully saturated rings. The first-order valence-corrected chi connectivity index (χ1v) is 17.2. The second kappa shape index (κ2) is 13.2. The summed E-state index contributed by atoms with van der Waals surface area (Å²) in [5.74, 6) is -6.63. The number of aryl methyl sites for hydroxylation is 2. The Morgan fingerprint density at radius 2 is 0.878 bits per heavy atom. The van der Waals surface area contributed by atoms with E-state index >= 15 is 17.6 Å². The molecule has 6 rings (SSSR count). The zero-order valence-electron chi connectivity index (χ0n) is 26.5. The Kier molecular flexibility index (Phi) is 8.98. The molecule has 0 aliphatic heterocycles. The van der Waals surface area contributed by atoms with E-state index < -0.39 is 55.7 Å². The lowest BCUT2D eigenvalue weighted by molar-refractivity contribution is 0.547. The number of hydrogen-bond acceptors (Lipinski definition) is 4. The number of benzene rings is 4. The van der Waals surface area contributed by atoms with Crippen molar-refractivity contribution in [2.75, 3.05) is 0 Å². The van der Waals surface area contributed by atoms with Crippen molar-refractivity contribution >= 4 is 32.1 Å². The Hall–Kier alpha value is -5.51. The minimum absolute atomic E-state index is 0.191. The van der Waals surface area contributed by atoms with Gasteiger partial charge >= 0.3 is 0 Å². The number of nitriles is 2. The summed E-state index contributed by atoms with van der Waals surface area (Å²) in [5, 5.41) is 18.9. The van der Waals surface area contributed by atoms with Gasteiger partial charge in [-0.2, -0.15) is 10.5 Å². The minimum atomic E-state index is -4.45. The van der Waals surface area contributed by atoms with Gasteiger partial charge in [-0.3, -0.25) is 0 Å². The van der Waals surface area contributed by atoms with E-state index in [-0.39, 0.29) is 11.1 Å². The third kappa shape index (κ3) is 6.63. The van der Waals surface area contributed by atoms with Crippen LogP contribution in [-0.2, 0) is 21.3 Å². The molecule has 0 amide bonds. The molecule has 49 heavy (non-hydrogen) atoms. The maximum atomic E-state index is 15.4. The molecular weight excluding hydrogens is 649 g/mol. The summed E-state index contributed by atoms with van der Waals surface area (Å²) < 4.78 is 87.9. The molecule has 0 unspecified atom stereocenters. The number of sulfone groups is 1. The van der Waals surface area contributed by atoms with Gasteiger partial charge in [-0.1, -0.05) is 48.6 Å². The highest BCUT2D eigenvalue weighted by Crippen LogP contribution is 2.40. The molecule has 0 atom stereocenters. The van der Waals surface area contributed by atoms with Crippen LogP contribution in [0.3, 0.4) is 0 Å². The zero-order chi connectivity index (χ0) is 35.0. The molecule has 0 radical (unpaired) electrons. The molecule has 0 heterocycles. The van der Waals surface area contributed by atoms with Crippen molar-refractivity contribution in [3.05, 3.63) is 164 Å². The van der Waals surface area contributed by atoms with Crippen molar-refractivity contribution in [1.29, 1.82) is 10.5 Å². The predicted molar refractivity (Wildman–Crippen MR) is 182 cm³/mol. The van der Waals surface area contributed by atoms with E-state index in [9.17, 15) is 18.9 Å². The molecule has 0 N–H and O–H groups in total. The molecule has 244 valence electrons. The van der Waals surface area contributed by atoms with Crippen LogP contribution in [0.15, 0.2) is 85.0 Å². The van der Waals surface area contributed by atoms with Gasteiger partial charge in [-0.25, -0.2) is 26.0 Å². The fraction of sp³-hybridized carbons (Fsp3) is 0.150. The summed E-state index contributed by atoms with van der Waals surface area (Å²) in [7, 11) is -4.45. The predicted octanol–water partition coefficient (Wildman–Crippen LogP) is 9.46. The van der Waals surface area contributed by atoms with Crippen LogP contribution in [0.1, 0.15) is 68.5 Å². The molecule has 0 spiro atoms. The molecule has 4 aromatic rings. The highest BCUT2D eigenvalue weighted by atomic mass is 32.2. The molecule has 4 nitrogen and oxygen atoms in total. The Morgan fingerprint density at radius 1 is 0.551 bits per heavy atom. The third-order valence-electron chi connectivity index (χ3n) is 8.84. The number of nitrogens with zero attached hydrogens (tertiary/aromatic N) is 2. The van der Waals surface area contributed by atoms with Crippen molar-refractivity contribution in [2.24, 2.45) is 0 Å². The first-order chi connectivity index (χ1) is 23.4. The summed E-state index contributed by atoms with van der Waals surface area (Å²) in [5.41, 5.74) is 5.30. The fourth-order valence-electron chi connectivity index (χ4n) is 6.23. The van der Waals surface area contributed by atoms with Crippen LogP contribution in [0, 0.1) is 59.8 Å². The summed E-state index contributed by atoms with van der Waals surface area (Å²) in [4.78, 5) is 0. The second-order valence-corrected chi connectivity index (χ2v) is 14.2. The van der Waals surface area contributed by atoms with E-state index in [2.05, 4.69) is 12.1 Å². The van der Waals surface area contributed by atoms with E-state index in [1.807, 2.05) is 24.3 Å². The normalized spacial score (nSPS) is 14.1. The van der Waals surface area contributed by atoms with Gasteiger partial charge in [0.15, 0.2) is 9.84 Å². The molecular formula is C40H28F4N2O2S. The molecule has 2 aliphatic carbocycles. The van der Waals surface area contributed by atoms with Crippen LogP contribution in [0.4, 0.5) is 17.6 Å². The van der Waals surface area contributed by atoms with Crippen molar-refractivity contribution in [3.63, 3.8) is 0 Å². The van der Waals surface area contributed by atoms with Crippen LogP contribution in [0.25, 0.3) is 22.3 Å². The van der Waals surface area contributed by atoms with Gasteiger partial charge in [0, 0.05) is 11.1 Å². The SMILES string of the molecule is Cc1ccc(C2=CCC=C2c2cc(F)c(CS(=O)(=O)Cc3c(F)cc(C4=CCC=C4c4ccc(C)c(C#N)c4)cc3F)c(F)c2)cc1C#N. The Bertz CT molecular complexity index is 2180. The van der Waals surface area contributed by atoms with Crippen LogP contribution < -0.4 is 0 Å². The third-order valence-corrected chi connectivity index (χ3v) is 10.3. The first-order valence-electron chi connectivity index (χ1n) is 15.4. The van der Waals surface area contributed by atoms with Gasteiger partial charge in [0.25, 0.3) is 0 Å². The van der Waals surface area contributed by atoms with Crippen LogP contribution in [0.2, 0.25) is 0 Å². The number of rotatable bonds is 8. The number of allylic oxidation sites excluding steroid dienone is 8. The van der Waals surface area contributed by atoms with E-state index in [0.717, 1.165) is 35.4 Å². The van der Waals surface area contributed by atoms with Gasteiger partial charge in [-0.15, -0.1) is 0 Å².